The standard InChI is InChI=1S/C20H21NO2/c1-3-20(21-16-22,18-11-13-19(23-2)14-12-18)15-7-10-17-8-5-4-6-9-17/h4-14H,3,15H2,1-2H3. The highest BCUT2D eigenvalue weighted by Gasteiger charge is 2.28. The SMILES string of the molecule is CCC(CC=Cc1ccccc1)(N=C=O)c1ccc(OC)cc1. The normalized spacial score (nSPS) is 13.3. The van der Waals surface area contributed by atoms with Crippen molar-refractivity contribution >= 4 is 12.2 Å². The second-order valence-electron chi connectivity index (χ2n) is 5.33. The van der Waals surface area contributed by atoms with Crippen molar-refractivity contribution in [3.8, 4) is 5.75 Å². The first kappa shape index (κ1) is 16.7. The fourth-order valence-corrected chi connectivity index (χ4v) is 2.60. The zero-order chi connectivity index (χ0) is 16.5. The Kier molecular flexibility index (Phi) is 5.90. The molecule has 3 heteroatoms. The summed E-state index contributed by atoms with van der Waals surface area (Å²) in [4.78, 5) is 15.1. The van der Waals surface area contributed by atoms with Crippen LogP contribution in [0, 0.1) is 0 Å². The number of hydrogen-bond donors (Lipinski definition) is 0. The summed E-state index contributed by atoms with van der Waals surface area (Å²) in [6.45, 7) is 2.03. The predicted octanol–water partition coefficient (Wildman–Crippen LogP) is 4.74. The van der Waals surface area contributed by atoms with Crippen LogP contribution >= 0.6 is 0 Å². The maximum absolute atomic E-state index is 11.0. The van der Waals surface area contributed by atoms with Crippen LogP contribution in [0.4, 0.5) is 0 Å². The summed E-state index contributed by atoms with van der Waals surface area (Å²) in [5.41, 5.74) is 1.53. The number of carbonyl (C=O) groups excluding carboxylic acids is 1. The quantitative estimate of drug-likeness (QED) is 0.547. The topological polar surface area (TPSA) is 38.7 Å². The fraction of sp³-hybridized carbons (Fsp3) is 0.250. The lowest BCUT2D eigenvalue weighted by atomic mass is 9.84. The van der Waals surface area contributed by atoms with Gasteiger partial charge >= 0.3 is 0 Å². The van der Waals surface area contributed by atoms with Gasteiger partial charge in [0.25, 0.3) is 0 Å². The van der Waals surface area contributed by atoms with E-state index in [0.717, 1.165) is 16.9 Å². The molecule has 0 fully saturated rings. The molecule has 0 aromatic heterocycles. The van der Waals surface area contributed by atoms with E-state index >= 15 is 0 Å². The van der Waals surface area contributed by atoms with E-state index in [1.165, 1.54) is 0 Å². The van der Waals surface area contributed by atoms with Crippen molar-refractivity contribution < 1.29 is 9.53 Å². The molecule has 0 amide bonds. The van der Waals surface area contributed by atoms with Gasteiger partial charge in [-0.3, -0.25) is 0 Å². The minimum Gasteiger partial charge on any atom is -0.497 e. The molecule has 0 heterocycles. The van der Waals surface area contributed by atoms with Gasteiger partial charge in [0.05, 0.1) is 7.11 Å². The number of rotatable bonds is 7. The molecule has 0 spiro atoms. The third-order valence-corrected chi connectivity index (χ3v) is 4.04. The van der Waals surface area contributed by atoms with Crippen LogP contribution in [0.15, 0.2) is 65.7 Å². The van der Waals surface area contributed by atoms with E-state index in [2.05, 4.69) is 11.1 Å². The summed E-state index contributed by atoms with van der Waals surface area (Å²) in [5.74, 6) is 0.786. The smallest absolute Gasteiger partial charge is 0.235 e. The Morgan fingerprint density at radius 1 is 1.13 bits per heavy atom. The number of benzene rings is 2. The Hall–Kier alpha value is -2.64. The van der Waals surface area contributed by atoms with Crippen molar-refractivity contribution in [3.63, 3.8) is 0 Å². The molecule has 1 atom stereocenters. The van der Waals surface area contributed by atoms with Crippen molar-refractivity contribution in [1.82, 2.24) is 0 Å². The lowest BCUT2D eigenvalue weighted by Gasteiger charge is -2.26. The van der Waals surface area contributed by atoms with Crippen LogP contribution in [-0.4, -0.2) is 13.2 Å². The van der Waals surface area contributed by atoms with Gasteiger partial charge in [-0.1, -0.05) is 61.5 Å². The molecule has 0 saturated heterocycles. The third-order valence-electron chi connectivity index (χ3n) is 4.04. The van der Waals surface area contributed by atoms with E-state index in [4.69, 9.17) is 4.74 Å². The number of nitrogens with zero attached hydrogens (tertiary/aromatic N) is 1. The summed E-state index contributed by atoms with van der Waals surface area (Å²) in [5, 5.41) is 0. The second-order valence-corrected chi connectivity index (χ2v) is 5.33. The summed E-state index contributed by atoms with van der Waals surface area (Å²) >= 11 is 0. The number of hydrogen-bond acceptors (Lipinski definition) is 3. The molecular formula is C20H21NO2. The lowest BCUT2D eigenvalue weighted by molar-refractivity contribution is 0.410. The van der Waals surface area contributed by atoms with Gasteiger partial charge in [0.2, 0.25) is 6.08 Å². The highest BCUT2D eigenvalue weighted by molar-refractivity contribution is 5.49. The number of aliphatic imine (C=N–C) groups is 1. The zero-order valence-electron chi connectivity index (χ0n) is 13.5. The van der Waals surface area contributed by atoms with Crippen LogP contribution in [0.1, 0.15) is 30.9 Å². The Labute approximate surface area is 137 Å². The van der Waals surface area contributed by atoms with Crippen LogP contribution < -0.4 is 4.74 Å². The van der Waals surface area contributed by atoms with E-state index in [1.54, 1.807) is 13.2 Å². The van der Waals surface area contributed by atoms with Gasteiger partial charge in [-0.25, -0.2) is 4.79 Å². The van der Waals surface area contributed by atoms with Gasteiger partial charge in [-0.2, -0.15) is 4.99 Å². The average molecular weight is 307 g/mol. The van der Waals surface area contributed by atoms with Crippen LogP contribution in [0.3, 0.4) is 0 Å². The summed E-state index contributed by atoms with van der Waals surface area (Å²) < 4.78 is 5.19. The highest BCUT2D eigenvalue weighted by atomic mass is 16.5. The number of isocyanates is 1. The van der Waals surface area contributed by atoms with E-state index in [-0.39, 0.29) is 0 Å². The van der Waals surface area contributed by atoms with Crippen LogP contribution in [0.2, 0.25) is 0 Å². The van der Waals surface area contributed by atoms with E-state index < -0.39 is 5.54 Å². The summed E-state index contributed by atoms with van der Waals surface area (Å²) in [6.07, 6.45) is 7.21. The minimum atomic E-state index is -0.584. The molecule has 0 bridgehead atoms. The monoisotopic (exact) mass is 307 g/mol. The maximum atomic E-state index is 11.0. The molecule has 0 N–H and O–H groups in total. The van der Waals surface area contributed by atoms with Crippen LogP contribution in [0.5, 0.6) is 5.75 Å². The molecule has 3 nitrogen and oxygen atoms in total. The molecule has 0 saturated carbocycles. The van der Waals surface area contributed by atoms with Gasteiger partial charge in [0.1, 0.15) is 11.3 Å². The zero-order valence-corrected chi connectivity index (χ0v) is 13.5. The van der Waals surface area contributed by atoms with Gasteiger partial charge in [0.15, 0.2) is 0 Å². The Bertz CT molecular complexity index is 685. The Morgan fingerprint density at radius 2 is 1.83 bits per heavy atom. The van der Waals surface area contributed by atoms with Crippen molar-refractivity contribution in [2.24, 2.45) is 4.99 Å². The number of methoxy groups -OCH3 is 1. The molecule has 2 aromatic carbocycles. The lowest BCUT2D eigenvalue weighted by Crippen LogP contribution is -2.21. The molecule has 118 valence electrons. The highest BCUT2D eigenvalue weighted by Crippen LogP contribution is 2.34. The van der Waals surface area contributed by atoms with Gasteiger partial charge in [-0.15, -0.1) is 0 Å². The molecule has 2 aromatic rings. The first-order valence-corrected chi connectivity index (χ1v) is 7.69. The van der Waals surface area contributed by atoms with Crippen molar-refractivity contribution in [2.75, 3.05) is 7.11 Å². The molecule has 23 heavy (non-hydrogen) atoms. The van der Waals surface area contributed by atoms with Crippen molar-refractivity contribution in [3.05, 3.63) is 71.8 Å². The first-order valence-electron chi connectivity index (χ1n) is 7.69. The molecular weight excluding hydrogens is 286 g/mol. The Morgan fingerprint density at radius 3 is 2.39 bits per heavy atom. The van der Waals surface area contributed by atoms with E-state index in [9.17, 15) is 4.79 Å². The largest absolute Gasteiger partial charge is 0.497 e. The van der Waals surface area contributed by atoms with E-state index in [0.29, 0.717) is 12.8 Å². The average Bonchev–Trinajstić information content (AvgIpc) is 2.62. The summed E-state index contributed by atoms with van der Waals surface area (Å²) in [6, 6.07) is 17.8. The molecule has 2 rings (SSSR count). The third kappa shape index (κ3) is 4.18. The fourth-order valence-electron chi connectivity index (χ4n) is 2.60. The van der Waals surface area contributed by atoms with Crippen molar-refractivity contribution in [1.29, 1.82) is 0 Å². The van der Waals surface area contributed by atoms with E-state index in [1.807, 2.05) is 67.6 Å². The van der Waals surface area contributed by atoms with Gasteiger partial charge in [-0.05, 0) is 36.1 Å². The molecule has 0 radical (unpaired) electrons. The van der Waals surface area contributed by atoms with Gasteiger partial charge in [0, 0.05) is 0 Å². The summed E-state index contributed by atoms with van der Waals surface area (Å²) in [7, 11) is 1.63. The molecule has 0 aliphatic carbocycles. The molecule has 1 unspecified atom stereocenters. The van der Waals surface area contributed by atoms with Crippen molar-refractivity contribution in [2.45, 2.75) is 25.3 Å². The minimum absolute atomic E-state index is 0.584. The van der Waals surface area contributed by atoms with Gasteiger partial charge < -0.3 is 4.74 Å². The second kappa shape index (κ2) is 8.11. The molecule has 0 aliphatic rings. The Balaban J connectivity index is 2.27. The molecule has 0 aliphatic heterocycles. The first-order chi connectivity index (χ1) is 11.2. The number of ether oxygens (including phenoxy) is 1. The van der Waals surface area contributed by atoms with Crippen LogP contribution in [0.25, 0.3) is 6.08 Å². The maximum Gasteiger partial charge on any atom is 0.235 e. The predicted molar refractivity (Wildman–Crippen MR) is 93.2 cm³/mol. The van der Waals surface area contributed by atoms with Crippen LogP contribution in [-0.2, 0) is 10.3 Å².